The van der Waals surface area contributed by atoms with Crippen LogP contribution in [0, 0.1) is 0 Å². The summed E-state index contributed by atoms with van der Waals surface area (Å²) in [5.41, 5.74) is 1.23. The van der Waals surface area contributed by atoms with Gasteiger partial charge >= 0.3 is 0 Å². The third-order valence-corrected chi connectivity index (χ3v) is 3.01. The van der Waals surface area contributed by atoms with Crippen molar-refractivity contribution in [3.8, 4) is 11.5 Å². The van der Waals surface area contributed by atoms with Crippen LogP contribution in [-0.4, -0.2) is 48.5 Å². The van der Waals surface area contributed by atoms with E-state index in [0.29, 0.717) is 23.8 Å². The van der Waals surface area contributed by atoms with E-state index < -0.39 is 0 Å². The van der Waals surface area contributed by atoms with Crippen LogP contribution in [0.5, 0.6) is 11.5 Å². The minimum Gasteiger partial charge on any atom is -0.486 e. The lowest BCUT2D eigenvalue weighted by Crippen LogP contribution is -2.31. The van der Waals surface area contributed by atoms with Gasteiger partial charge in [-0.3, -0.25) is 4.79 Å². The molecule has 102 valence electrons. The van der Waals surface area contributed by atoms with Gasteiger partial charge in [-0.05, 0) is 19.1 Å². The number of fused-ring (bicyclic) bond motifs is 1. The molecule has 0 fully saturated rings. The Morgan fingerprint density at radius 3 is 3.05 bits per heavy atom. The number of rotatable bonds is 4. The molecule has 6 nitrogen and oxygen atoms in total. The number of hydrogen-bond donors (Lipinski definition) is 1. The minimum absolute atomic E-state index is 0.00985. The summed E-state index contributed by atoms with van der Waals surface area (Å²) in [5, 5.41) is 11.9. The molecule has 0 atom stereocenters. The molecule has 1 aliphatic rings. The lowest BCUT2D eigenvalue weighted by molar-refractivity contribution is -0.131. The van der Waals surface area contributed by atoms with E-state index in [1.807, 2.05) is 6.92 Å². The van der Waals surface area contributed by atoms with Gasteiger partial charge in [-0.25, -0.2) is 0 Å². The minimum atomic E-state index is -0.0819. The Balaban J connectivity index is 2.02. The Kier molecular flexibility index (Phi) is 3.89. The molecule has 0 unspecified atom stereocenters. The maximum Gasteiger partial charge on any atom is 0.260 e. The first kappa shape index (κ1) is 13.2. The standard InChI is InChI=1S/C13H16N2O4/c1-3-15(2)13(16)8-18-9-4-5-10-11(14-17)7-19-12(10)6-9/h4-6,17H,3,7-8H2,1-2H3. The lowest BCUT2D eigenvalue weighted by Gasteiger charge is -2.14. The Hall–Kier alpha value is -2.24. The van der Waals surface area contributed by atoms with Crippen molar-refractivity contribution in [2.75, 3.05) is 26.8 Å². The highest BCUT2D eigenvalue weighted by Crippen LogP contribution is 2.29. The lowest BCUT2D eigenvalue weighted by atomic mass is 10.1. The quantitative estimate of drug-likeness (QED) is 0.653. The first-order valence-corrected chi connectivity index (χ1v) is 6.00. The van der Waals surface area contributed by atoms with E-state index in [2.05, 4.69) is 5.16 Å². The van der Waals surface area contributed by atoms with E-state index in [4.69, 9.17) is 14.7 Å². The third kappa shape index (κ3) is 2.78. The Morgan fingerprint density at radius 1 is 1.58 bits per heavy atom. The highest BCUT2D eigenvalue weighted by atomic mass is 16.5. The molecule has 1 amide bonds. The van der Waals surface area contributed by atoms with Crippen molar-refractivity contribution in [1.29, 1.82) is 0 Å². The molecule has 0 bridgehead atoms. The van der Waals surface area contributed by atoms with E-state index in [1.54, 1.807) is 30.1 Å². The van der Waals surface area contributed by atoms with Gasteiger partial charge in [0.15, 0.2) is 6.61 Å². The molecule has 2 rings (SSSR count). The second kappa shape index (κ2) is 5.60. The molecule has 0 radical (unpaired) electrons. The van der Waals surface area contributed by atoms with Crippen LogP contribution in [0.2, 0.25) is 0 Å². The molecule has 19 heavy (non-hydrogen) atoms. The molecule has 0 aliphatic carbocycles. The second-order valence-corrected chi connectivity index (χ2v) is 4.19. The molecule has 0 aromatic heterocycles. The maximum atomic E-state index is 11.6. The zero-order valence-electron chi connectivity index (χ0n) is 10.9. The van der Waals surface area contributed by atoms with Crippen LogP contribution in [0.25, 0.3) is 0 Å². The van der Waals surface area contributed by atoms with Crippen LogP contribution >= 0.6 is 0 Å². The number of amides is 1. The van der Waals surface area contributed by atoms with Gasteiger partial charge in [-0.2, -0.15) is 0 Å². The van der Waals surface area contributed by atoms with Gasteiger partial charge < -0.3 is 19.6 Å². The first-order valence-electron chi connectivity index (χ1n) is 6.00. The van der Waals surface area contributed by atoms with Crippen molar-refractivity contribution in [2.24, 2.45) is 5.16 Å². The average Bonchev–Trinajstić information content (AvgIpc) is 2.85. The largest absolute Gasteiger partial charge is 0.486 e. The molecule has 1 N–H and O–H groups in total. The smallest absolute Gasteiger partial charge is 0.260 e. The summed E-state index contributed by atoms with van der Waals surface area (Å²) in [5.74, 6) is 1.07. The zero-order chi connectivity index (χ0) is 13.8. The summed E-state index contributed by atoms with van der Waals surface area (Å²) in [6, 6.07) is 5.16. The number of ether oxygens (including phenoxy) is 2. The first-order chi connectivity index (χ1) is 9.15. The van der Waals surface area contributed by atoms with Gasteiger partial charge in [-0.15, -0.1) is 0 Å². The third-order valence-electron chi connectivity index (χ3n) is 3.01. The van der Waals surface area contributed by atoms with Crippen molar-refractivity contribution in [2.45, 2.75) is 6.92 Å². The second-order valence-electron chi connectivity index (χ2n) is 4.19. The van der Waals surface area contributed by atoms with E-state index >= 15 is 0 Å². The van der Waals surface area contributed by atoms with Crippen LogP contribution in [0.1, 0.15) is 12.5 Å². The van der Waals surface area contributed by atoms with Crippen LogP contribution < -0.4 is 9.47 Å². The predicted octanol–water partition coefficient (Wildman–Crippen LogP) is 1.11. The Labute approximate surface area is 111 Å². The molecule has 1 heterocycles. The van der Waals surface area contributed by atoms with Gasteiger partial charge in [0.2, 0.25) is 0 Å². The van der Waals surface area contributed by atoms with Crippen molar-refractivity contribution in [3.05, 3.63) is 23.8 Å². The number of benzene rings is 1. The Morgan fingerprint density at radius 2 is 2.37 bits per heavy atom. The van der Waals surface area contributed by atoms with Gasteiger partial charge in [-0.1, -0.05) is 5.16 Å². The monoisotopic (exact) mass is 264 g/mol. The van der Waals surface area contributed by atoms with Crippen LogP contribution in [-0.2, 0) is 4.79 Å². The van der Waals surface area contributed by atoms with E-state index in [9.17, 15) is 4.79 Å². The van der Waals surface area contributed by atoms with Crippen molar-refractivity contribution >= 4 is 11.6 Å². The Bertz CT molecular complexity index is 513. The zero-order valence-corrected chi connectivity index (χ0v) is 10.9. The summed E-state index contributed by atoms with van der Waals surface area (Å²) < 4.78 is 10.8. The molecule has 0 saturated carbocycles. The van der Waals surface area contributed by atoms with Crippen LogP contribution in [0.4, 0.5) is 0 Å². The average molecular weight is 264 g/mol. The summed E-state index contributed by atoms with van der Waals surface area (Å²) in [4.78, 5) is 13.2. The summed E-state index contributed by atoms with van der Waals surface area (Å²) in [7, 11) is 1.72. The number of oxime groups is 1. The van der Waals surface area contributed by atoms with Gasteiger partial charge in [0, 0.05) is 25.2 Å². The maximum absolute atomic E-state index is 11.6. The molecule has 1 aliphatic heterocycles. The molecule has 0 saturated heterocycles. The predicted molar refractivity (Wildman–Crippen MR) is 69.1 cm³/mol. The number of carbonyl (C=O) groups excluding carboxylic acids is 1. The van der Waals surface area contributed by atoms with Crippen molar-refractivity contribution in [3.63, 3.8) is 0 Å². The fourth-order valence-electron chi connectivity index (χ4n) is 1.69. The molecule has 1 aromatic carbocycles. The summed E-state index contributed by atoms with van der Waals surface area (Å²) in [6.07, 6.45) is 0. The highest BCUT2D eigenvalue weighted by molar-refractivity contribution is 6.06. The molecular weight excluding hydrogens is 248 g/mol. The fraction of sp³-hybridized carbons (Fsp3) is 0.385. The van der Waals surface area contributed by atoms with Crippen LogP contribution in [0.3, 0.4) is 0 Å². The van der Waals surface area contributed by atoms with Gasteiger partial charge in [0.05, 0.1) is 0 Å². The molecular formula is C13H16N2O4. The summed E-state index contributed by atoms with van der Waals surface area (Å²) in [6.45, 7) is 2.78. The molecule has 1 aromatic rings. The van der Waals surface area contributed by atoms with E-state index in [0.717, 1.165) is 5.56 Å². The van der Waals surface area contributed by atoms with E-state index in [1.165, 1.54) is 0 Å². The highest BCUT2D eigenvalue weighted by Gasteiger charge is 2.20. The normalized spacial score (nSPS) is 14.9. The van der Waals surface area contributed by atoms with E-state index in [-0.39, 0.29) is 19.1 Å². The number of hydrogen-bond acceptors (Lipinski definition) is 5. The van der Waals surface area contributed by atoms with Crippen molar-refractivity contribution in [1.82, 2.24) is 4.90 Å². The SMILES string of the molecule is CCN(C)C(=O)COc1ccc2c(c1)OCC2=NO. The number of carbonyl (C=O) groups is 1. The van der Waals surface area contributed by atoms with Gasteiger partial charge in [0.1, 0.15) is 23.8 Å². The number of likely N-dealkylation sites (N-methyl/N-ethyl adjacent to an activating group) is 1. The fourth-order valence-corrected chi connectivity index (χ4v) is 1.69. The molecule has 0 spiro atoms. The number of nitrogens with zero attached hydrogens (tertiary/aromatic N) is 2. The van der Waals surface area contributed by atoms with Crippen LogP contribution in [0.15, 0.2) is 23.4 Å². The van der Waals surface area contributed by atoms with Gasteiger partial charge in [0.25, 0.3) is 5.91 Å². The summed E-state index contributed by atoms with van der Waals surface area (Å²) >= 11 is 0. The van der Waals surface area contributed by atoms with Crippen molar-refractivity contribution < 1.29 is 19.5 Å². The molecule has 6 heteroatoms. The topological polar surface area (TPSA) is 71.4 Å².